The number of halogens is 4. The fourth-order valence-electron chi connectivity index (χ4n) is 2.73. The smallest absolute Gasteiger partial charge is 0.398 e. The van der Waals surface area contributed by atoms with Crippen molar-refractivity contribution in [3.05, 3.63) is 69.0 Å². The van der Waals surface area contributed by atoms with Gasteiger partial charge in [-0.2, -0.15) is 18.2 Å². The van der Waals surface area contributed by atoms with Gasteiger partial charge in [0.2, 0.25) is 5.82 Å². The van der Waals surface area contributed by atoms with Crippen molar-refractivity contribution in [2.45, 2.75) is 20.0 Å². The Hall–Kier alpha value is -2.61. The summed E-state index contributed by atoms with van der Waals surface area (Å²) >= 11 is 3.44. The molecule has 0 radical (unpaired) electrons. The molecular formula is C19H15BrF3N3O. The SMILES string of the molecule is Cc1cc(Br)cc(C)c1-c1noc(/C=C(\N)c2ccc(C(F)(F)F)cc2)n1. The van der Waals surface area contributed by atoms with E-state index in [-0.39, 0.29) is 11.6 Å². The molecule has 0 saturated heterocycles. The lowest BCUT2D eigenvalue weighted by atomic mass is 10.0. The van der Waals surface area contributed by atoms with Gasteiger partial charge in [-0.05, 0) is 54.8 Å². The predicted molar refractivity (Wildman–Crippen MR) is 100 cm³/mol. The molecule has 2 aromatic carbocycles. The minimum Gasteiger partial charge on any atom is -0.398 e. The Morgan fingerprint density at radius 1 is 1.11 bits per heavy atom. The maximum Gasteiger partial charge on any atom is 0.416 e. The van der Waals surface area contributed by atoms with Crippen LogP contribution in [0.3, 0.4) is 0 Å². The number of rotatable bonds is 3. The molecule has 8 heteroatoms. The van der Waals surface area contributed by atoms with Crippen molar-refractivity contribution in [1.82, 2.24) is 10.1 Å². The van der Waals surface area contributed by atoms with Gasteiger partial charge in [0.05, 0.1) is 5.56 Å². The van der Waals surface area contributed by atoms with Crippen molar-refractivity contribution in [2.24, 2.45) is 5.73 Å². The molecule has 0 atom stereocenters. The van der Waals surface area contributed by atoms with E-state index in [2.05, 4.69) is 26.1 Å². The van der Waals surface area contributed by atoms with Crippen molar-refractivity contribution < 1.29 is 17.7 Å². The summed E-state index contributed by atoms with van der Waals surface area (Å²) in [6.45, 7) is 3.88. The number of alkyl halides is 3. The topological polar surface area (TPSA) is 64.9 Å². The van der Waals surface area contributed by atoms with E-state index in [1.54, 1.807) is 0 Å². The molecule has 0 spiro atoms. The molecule has 0 aliphatic carbocycles. The molecule has 140 valence electrons. The third kappa shape index (κ3) is 4.21. The third-order valence-corrected chi connectivity index (χ3v) is 4.45. The average molecular weight is 438 g/mol. The zero-order chi connectivity index (χ0) is 19.8. The minimum atomic E-state index is -4.39. The summed E-state index contributed by atoms with van der Waals surface area (Å²) in [5, 5.41) is 3.98. The Labute approximate surface area is 162 Å². The van der Waals surface area contributed by atoms with E-state index in [4.69, 9.17) is 10.3 Å². The first kappa shape index (κ1) is 19.2. The zero-order valence-electron chi connectivity index (χ0n) is 14.4. The van der Waals surface area contributed by atoms with Crippen molar-refractivity contribution in [3.8, 4) is 11.4 Å². The molecule has 1 heterocycles. The van der Waals surface area contributed by atoms with E-state index in [9.17, 15) is 13.2 Å². The Balaban J connectivity index is 1.89. The van der Waals surface area contributed by atoms with Gasteiger partial charge in [-0.15, -0.1) is 0 Å². The van der Waals surface area contributed by atoms with Gasteiger partial charge in [-0.3, -0.25) is 0 Å². The van der Waals surface area contributed by atoms with Crippen LogP contribution in [-0.4, -0.2) is 10.1 Å². The van der Waals surface area contributed by atoms with Gasteiger partial charge < -0.3 is 10.3 Å². The highest BCUT2D eigenvalue weighted by atomic mass is 79.9. The lowest BCUT2D eigenvalue weighted by molar-refractivity contribution is -0.137. The Morgan fingerprint density at radius 3 is 2.26 bits per heavy atom. The van der Waals surface area contributed by atoms with Gasteiger partial charge in [-0.25, -0.2) is 0 Å². The minimum absolute atomic E-state index is 0.170. The highest BCUT2D eigenvalue weighted by molar-refractivity contribution is 9.10. The molecule has 0 bridgehead atoms. The number of nitrogens with zero attached hydrogens (tertiary/aromatic N) is 2. The molecular weight excluding hydrogens is 423 g/mol. The van der Waals surface area contributed by atoms with E-state index >= 15 is 0 Å². The second-order valence-electron chi connectivity index (χ2n) is 6.05. The highest BCUT2D eigenvalue weighted by Crippen LogP contribution is 2.30. The molecule has 2 N–H and O–H groups in total. The maximum atomic E-state index is 12.6. The number of aromatic nitrogens is 2. The fraction of sp³-hybridized carbons (Fsp3) is 0.158. The molecule has 0 amide bonds. The molecule has 0 saturated carbocycles. The summed E-state index contributed by atoms with van der Waals surface area (Å²) in [7, 11) is 0. The van der Waals surface area contributed by atoms with Crippen LogP contribution in [0.5, 0.6) is 0 Å². The van der Waals surface area contributed by atoms with Crippen LogP contribution in [-0.2, 0) is 6.18 Å². The van der Waals surface area contributed by atoms with Gasteiger partial charge >= 0.3 is 6.18 Å². The van der Waals surface area contributed by atoms with Crippen molar-refractivity contribution >= 4 is 27.7 Å². The molecule has 27 heavy (non-hydrogen) atoms. The number of hydrogen-bond acceptors (Lipinski definition) is 4. The first-order valence-corrected chi connectivity index (χ1v) is 8.70. The standard InChI is InChI=1S/C19H15BrF3N3O/c1-10-7-14(20)8-11(2)17(10)18-25-16(27-26-18)9-15(24)12-3-5-13(6-4-12)19(21,22)23/h3-9H,24H2,1-2H3/b15-9-. The van der Waals surface area contributed by atoms with Crippen LogP contribution in [0.25, 0.3) is 23.2 Å². The fourth-order valence-corrected chi connectivity index (χ4v) is 3.41. The second kappa shape index (κ2) is 7.19. The number of hydrogen-bond donors (Lipinski definition) is 1. The molecule has 3 rings (SSSR count). The molecule has 0 aliphatic heterocycles. The largest absolute Gasteiger partial charge is 0.416 e. The van der Waals surface area contributed by atoms with Gasteiger partial charge in [0.1, 0.15) is 0 Å². The van der Waals surface area contributed by atoms with Crippen LogP contribution < -0.4 is 5.73 Å². The van der Waals surface area contributed by atoms with E-state index in [1.807, 2.05) is 26.0 Å². The van der Waals surface area contributed by atoms with Crippen molar-refractivity contribution in [1.29, 1.82) is 0 Å². The Kier molecular flexibility index (Phi) is 5.10. The summed E-state index contributed by atoms with van der Waals surface area (Å²) < 4.78 is 44.1. The lowest BCUT2D eigenvalue weighted by Gasteiger charge is -2.07. The summed E-state index contributed by atoms with van der Waals surface area (Å²) in [4.78, 5) is 4.32. The normalized spacial score (nSPS) is 12.4. The predicted octanol–water partition coefficient (Wildman–Crippen LogP) is 5.59. The summed E-state index contributed by atoms with van der Waals surface area (Å²) in [5.41, 5.74) is 8.70. The van der Waals surface area contributed by atoms with Crippen molar-refractivity contribution in [3.63, 3.8) is 0 Å². The third-order valence-electron chi connectivity index (χ3n) is 3.99. The van der Waals surface area contributed by atoms with Crippen LogP contribution in [0.2, 0.25) is 0 Å². The van der Waals surface area contributed by atoms with Crippen LogP contribution in [0, 0.1) is 13.8 Å². The molecule has 4 nitrogen and oxygen atoms in total. The maximum absolute atomic E-state index is 12.6. The van der Waals surface area contributed by atoms with Crippen LogP contribution >= 0.6 is 15.9 Å². The zero-order valence-corrected chi connectivity index (χ0v) is 16.0. The van der Waals surface area contributed by atoms with E-state index in [0.29, 0.717) is 11.4 Å². The number of aryl methyl sites for hydroxylation is 2. The lowest BCUT2D eigenvalue weighted by Crippen LogP contribution is -2.05. The van der Waals surface area contributed by atoms with Gasteiger partial charge in [0, 0.05) is 21.8 Å². The van der Waals surface area contributed by atoms with E-state index < -0.39 is 11.7 Å². The molecule has 0 unspecified atom stereocenters. The Bertz CT molecular complexity index is 985. The second-order valence-corrected chi connectivity index (χ2v) is 6.96. The van der Waals surface area contributed by atoms with Crippen molar-refractivity contribution in [2.75, 3.05) is 0 Å². The molecule has 1 aromatic heterocycles. The van der Waals surface area contributed by atoms with E-state index in [1.165, 1.54) is 18.2 Å². The quantitative estimate of drug-likeness (QED) is 0.579. The average Bonchev–Trinajstić information content (AvgIpc) is 3.01. The van der Waals surface area contributed by atoms with Crippen LogP contribution in [0.4, 0.5) is 13.2 Å². The number of benzene rings is 2. The first-order valence-electron chi connectivity index (χ1n) is 7.91. The molecule has 0 aliphatic rings. The molecule has 3 aromatic rings. The van der Waals surface area contributed by atoms with Crippen LogP contribution in [0.15, 0.2) is 45.4 Å². The molecule has 0 fully saturated rings. The summed E-state index contributed by atoms with van der Waals surface area (Å²) in [6, 6.07) is 8.45. The first-order chi connectivity index (χ1) is 12.6. The van der Waals surface area contributed by atoms with Gasteiger partial charge in [0.25, 0.3) is 5.89 Å². The monoisotopic (exact) mass is 437 g/mol. The highest BCUT2D eigenvalue weighted by Gasteiger charge is 2.30. The van der Waals surface area contributed by atoms with Crippen LogP contribution in [0.1, 0.15) is 28.1 Å². The Morgan fingerprint density at radius 2 is 1.70 bits per heavy atom. The van der Waals surface area contributed by atoms with Gasteiger partial charge in [-0.1, -0.05) is 33.2 Å². The van der Waals surface area contributed by atoms with Gasteiger partial charge in [0.15, 0.2) is 0 Å². The summed E-state index contributed by atoms with van der Waals surface area (Å²) in [6.07, 6.45) is -2.96. The number of nitrogens with two attached hydrogens (primary N) is 1. The van der Waals surface area contributed by atoms with E-state index in [0.717, 1.165) is 33.3 Å². The summed E-state index contributed by atoms with van der Waals surface area (Å²) in [5.74, 6) is 0.591.